The van der Waals surface area contributed by atoms with E-state index in [9.17, 15) is 0 Å². The van der Waals surface area contributed by atoms with Gasteiger partial charge in [0.2, 0.25) is 0 Å². The van der Waals surface area contributed by atoms with Crippen molar-refractivity contribution in [3.05, 3.63) is 408 Å². The highest BCUT2D eigenvalue weighted by molar-refractivity contribution is 8.00. The van der Waals surface area contributed by atoms with Crippen LogP contribution in [0.3, 0.4) is 0 Å². The number of nitrogens with zero attached hydrogens (tertiary/aromatic N) is 4. The molecule has 0 aliphatic carbocycles. The van der Waals surface area contributed by atoms with Crippen molar-refractivity contribution >= 4 is 106 Å². The van der Waals surface area contributed by atoms with Gasteiger partial charge in [0.05, 0.1) is 55.3 Å². The summed E-state index contributed by atoms with van der Waals surface area (Å²) in [7, 11) is 0. The second-order valence-corrected chi connectivity index (χ2v) is 30.3. The molecular weight excluding hydrogens is 1300 g/mol. The molecule has 4 nitrogen and oxygen atoms in total. The summed E-state index contributed by atoms with van der Waals surface area (Å²) in [5.41, 5.74) is 30.2. The summed E-state index contributed by atoms with van der Waals surface area (Å²) < 4.78 is 7.55. The number of benzene rings is 16. The first-order valence-electron chi connectivity index (χ1n) is 35.9. The summed E-state index contributed by atoms with van der Waals surface area (Å²) in [5, 5.41) is 7.51. The summed E-state index contributed by atoms with van der Waals surface area (Å²) in [6.45, 7) is 0. The van der Waals surface area contributed by atoms with Crippen LogP contribution < -0.4 is 4.90 Å². The van der Waals surface area contributed by atoms with E-state index in [0.717, 1.165) is 28.3 Å². The second-order valence-electron chi connectivity index (χ2n) is 28.1. The maximum Gasteiger partial charge on any atom is 0.0765 e. The molecule has 2 spiro atoms. The van der Waals surface area contributed by atoms with Crippen molar-refractivity contribution in [2.75, 3.05) is 4.90 Å². The SMILES string of the molecule is c1ccc(N(c2ccccc2)c2ccc3c(c2)C2(c4ccccc4S3)c3ccccc3-n3c4ccc(-c5cc(-c6ccc(-c7ccc(-n8c9ccccc9c9ccccc98)cc7)cc6)cc6c5Sc5ccccc5C65c6ccccc6-n6c7ccccc7c7cccc5c76)cc4c4cccc2c43)cc1. The first kappa shape index (κ1) is 58.1. The monoisotopic (exact) mass is 1360 g/mol. The van der Waals surface area contributed by atoms with Crippen molar-refractivity contribution in [3.8, 4) is 50.4 Å². The molecule has 2 unspecified atom stereocenters. The van der Waals surface area contributed by atoms with E-state index in [1.165, 1.54) is 169 Å². The van der Waals surface area contributed by atoms with Gasteiger partial charge in [0.15, 0.2) is 0 Å². The van der Waals surface area contributed by atoms with Crippen molar-refractivity contribution in [1.29, 1.82) is 0 Å². The molecule has 0 fully saturated rings. The average Bonchev–Trinajstić information content (AvgIpc) is 1.27. The smallest absolute Gasteiger partial charge is 0.0765 e. The highest BCUT2D eigenvalue weighted by atomic mass is 32.2. The van der Waals surface area contributed by atoms with Gasteiger partial charge in [-0.2, -0.15) is 0 Å². The third-order valence-electron chi connectivity index (χ3n) is 23.1. The lowest BCUT2D eigenvalue weighted by atomic mass is 9.62. The van der Waals surface area contributed by atoms with Gasteiger partial charge in [-0.25, -0.2) is 0 Å². The Morgan fingerprint density at radius 2 is 0.654 bits per heavy atom. The van der Waals surface area contributed by atoms with Crippen molar-refractivity contribution in [2.24, 2.45) is 0 Å². The molecule has 0 bridgehead atoms. The Morgan fingerprint density at radius 3 is 1.25 bits per heavy atom. The van der Waals surface area contributed by atoms with Crippen molar-refractivity contribution < 1.29 is 0 Å². The predicted molar refractivity (Wildman–Crippen MR) is 432 cm³/mol. The largest absolute Gasteiger partial charge is 0.310 e. The molecule has 0 saturated carbocycles. The van der Waals surface area contributed by atoms with E-state index in [1.54, 1.807) is 0 Å². The van der Waals surface area contributed by atoms with Crippen molar-refractivity contribution in [1.82, 2.24) is 13.7 Å². The zero-order valence-electron chi connectivity index (χ0n) is 56.2. The third kappa shape index (κ3) is 7.85. The molecule has 4 aliphatic heterocycles. The Morgan fingerprint density at radius 1 is 0.231 bits per heavy atom. The van der Waals surface area contributed by atoms with Gasteiger partial charge in [0.1, 0.15) is 0 Å². The zero-order chi connectivity index (χ0) is 67.9. The van der Waals surface area contributed by atoms with Crippen molar-refractivity contribution in [2.45, 2.75) is 30.4 Å². The van der Waals surface area contributed by atoms with Crippen LogP contribution in [0, 0.1) is 0 Å². The van der Waals surface area contributed by atoms with Crippen LogP contribution in [-0.2, 0) is 10.8 Å². The molecule has 7 heterocycles. The third-order valence-corrected chi connectivity index (χ3v) is 25.5. The van der Waals surface area contributed by atoms with E-state index >= 15 is 0 Å². The molecule has 6 heteroatoms. The van der Waals surface area contributed by atoms with Crippen molar-refractivity contribution in [3.63, 3.8) is 0 Å². The number of rotatable bonds is 7. The fourth-order valence-corrected chi connectivity index (χ4v) is 21.4. The molecule has 19 aromatic rings. The predicted octanol–water partition coefficient (Wildman–Crippen LogP) is 25.8. The first-order valence-corrected chi connectivity index (χ1v) is 37.5. The van der Waals surface area contributed by atoms with Gasteiger partial charge in [-0.3, -0.25) is 0 Å². The minimum absolute atomic E-state index is 0.682. The fraction of sp³-hybridized carbons (Fsp3) is 0.0204. The van der Waals surface area contributed by atoms with Crippen LogP contribution in [-0.4, -0.2) is 13.7 Å². The molecule has 484 valence electrons. The van der Waals surface area contributed by atoms with Crippen LogP contribution in [0.1, 0.15) is 44.5 Å². The topological polar surface area (TPSA) is 18.0 Å². The highest BCUT2D eigenvalue weighted by Gasteiger charge is 2.52. The van der Waals surface area contributed by atoms with Gasteiger partial charge >= 0.3 is 0 Å². The number of hydrogen-bond acceptors (Lipinski definition) is 3. The number of aromatic nitrogens is 3. The molecule has 0 amide bonds. The zero-order valence-corrected chi connectivity index (χ0v) is 57.9. The normalized spacial score (nSPS) is 15.7. The standard InChI is InChI=1S/C98H60N4S2/c1-3-23-66(24-4-1)99(67-25-5-2-6-26-67)69-54-56-93-83(60-69)97(79-34-12-19-43-91(79)103-93)77-32-10-17-41-89(77)102-88-55-51-64(57-76(88)74-31-22-36-81(97)95(74)102)75-58-65(63-47-45-61(46-48-63)62-49-52-68(53-50-62)100-85-38-14-7-27-70(85)71-28-8-15-39-86(71)100)59-84-96(75)104-92-44-20-13-35-80(92)98(84)78-33-11-18-42-90(78)101-87-40-16-9-29-72(87)73-30-21-37-82(98)94(73)101/h1-60H. The summed E-state index contributed by atoms with van der Waals surface area (Å²) >= 11 is 3.82. The first-order chi connectivity index (χ1) is 51.6. The van der Waals surface area contributed by atoms with Gasteiger partial charge in [-0.05, 0) is 199 Å². The van der Waals surface area contributed by atoms with E-state index in [2.05, 4.69) is 383 Å². The lowest BCUT2D eigenvalue weighted by molar-refractivity contribution is 0.689. The summed E-state index contributed by atoms with van der Waals surface area (Å²) in [6.07, 6.45) is 0. The summed E-state index contributed by atoms with van der Waals surface area (Å²) in [4.78, 5) is 7.47. The van der Waals surface area contributed by atoms with Gasteiger partial charge in [-0.1, -0.05) is 266 Å². The Bertz CT molecular complexity index is 6770. The van der Waals surface area contributed by atoms with Gasteiger partial charge in [0, 0.05) is 74.6 Å². The number of para-hydroxylation sites is 9. The molecule has 0 saturated heterocycles. The number of fused-ring (bicyclic) bond motifs is 25. The van der Waals surface area contributed by atoms with Gasteiger partial charge in [-0.15, -0.1) is 0 Å². The van der Waals surface area contributed by atoms with Crippen LogP contribution >= 0.6 is 23.5 Å². The lowest BCUT2D eigenvalue weighted by Gasteiger charge is -2.46. The van der Waals surface area contributed by atoms with Crippen LogP contribution in [0.25, 0.3) is 116 Å². The number of hydrogen-bond donors (Lipinski definition) is 0. The van der Waals surface area contributed by atoms with Gasteiger partial charge < -0.3 is 18.6 Å². The van der Waals surface area contributed by atoms with Gasteiger partial charge in [0.25, 0.3) is 0 Å². The maximum absolute atomic E-state index is 2.60. The Hall–Kier alpha value is -12.6. The van der Waals surface area contributed by atoms with Crippen LogP contribution in [0.4, 0.5) is 17.1 Å². The minimum Gasteiger partial charge on any atom is -0.310 e. The quantitative estimate of drug-likeness (QED) is 0.158. The fourth-order valence-electron chi connectivity index (χ4n) is 18.9. The molecule has 104 heavy (non-hydrogen) atoms. The average molecular weight is 1360 g/mol. The Balaban J connectivity index is 0.752. The second kappa shape index (κ2) is 22.0. The maximum atomic E-state index is 2.60. The van der Waals surface area contributed by atoms with Crippen LogP contribution in [0.2, 0.25) is 0 Å². The summed E-state index contributed by atoms with van der Waals surface area (Å²) in [6, 6.07) is 138. The van der Waals surface area contributed by atoms with E-state index in [4.69, 9.17) is 0 Å². The molecule has 23 rings (SSSR count). The van der Waals surface area contributed by atoms with Crippen LogP contribution in [0.5, 0.6) is 0 Å². The Labute approximate surface area is 609 Å². The molecule has 0 radical (unpaired) electrons. The van der Waals surface area contributed by atoms with E-state index in [1.807, 2.05) is 23.5 Å². The van der Waals surface area contributed by atoms with E-state index < -0.39 is 10.8 Å². The molecule has 2 atom stereocenters. The summed E-state index contributed by atoms with van der Waals surface area (Å²) in [5.74, 6) is 0. The minimum atomic E-state index is -0.712. The molecule has 0 N–H and O–H groups in total. The number of anilines is 3. The lowest BCUT2D eigenvalue weighted by Crippen LogP contribution is -2.38. The molecule has 4 aliphatic rings. The highest BCUT2D eigenvalue weighted by Crippen LogP contribution is 2.65. The van der Waals surface area contributed by atoms with E-state index in [-0.39, 0.29) is 0 Å². The molecular formula is C98H60N4S2. The van der Waals surface area contributed by atoms with Crippen LogP contribution in [0.15, 0.2) is 384 Å². The Kier molecular flexibility index (Phi) is 12.3. The molecule has 3 aromatic heterocycles. The van der Waals surface area contributed by atoms with E-state index in [0.29, 0.717) is 0 Å². The molecule has 16 aromatic carbocycles.